The average molecular weight is 256 g/mol. The fraction of sp³-hybridized carbons (Fsp3) is 0.286. The molecule has 0 saturated heterocycles. The fourth-order valence-electron chi connectivity index (χ4n) is 1.83. The second kappa shape index (κ2) is 5.02. The third kappa shape index (κ3) is 2.52. The number of rotatable bonds is 3. The third-order valence-electron chi connectivity index (χ3n) is 2.78. The van der Waals surface area contributed by atoms with E-state index < -0.39 is 0 Å². The number of hydrogen-bond donors (Lipinski definition) is 1. The molecular weight excluding hydrogens is 240 g/mol. The molecule has 0 amide bonds. The smallest absolute Gasteiger partial charge is 0.241 e. The molecule has 1 aromatic heterocycles. The number of nitriles is 1. The van der Waals surface area contributed by atoms with Gasteiger partial charge in [0.15, 0.2) is 0 Å². The standard InChI is InChI=1S/C14H16N4O/c1-9(2)13-12(16)14(18(3)17-13)19-11-6-4-5-10(7-11)8-15/h4-7,9H,16H2,1-3H3. The molecule has 0 unspecified atom stereocenters. The Morgan fingerprint density at radius 1 is 1.42 bits per heavy atom. The summed E-state index contributed by atoms with van der Waals surface area (Å²) >= 11 is 0. The van der Waals surface area contributed by atoms with E-state index in [1.165, 1.54) is 0 Å². The Balaban J connectivity index is 2.36. The summed E-state index contributed by atoms with van der Waals surface area (Å²) in [5, 5.41) is 13.2. The van der Waals surface area contributed by atoms with Crippen LogP contribution in [0.5, 0.6) is 11.6 Å². The Hall–Kier alpha value is -2.48. The van der Waals surface area contributed by atoms with Gasteiger partial charge in [-0.2, -0.15) is 10.4 Å². The van der Waals surface area contributed by atoms with Gasteiger partial charge in [0, 0.05) is 7.05 Å². The topological polar surface area (TPSA) is 76.9 Å². The Bertz CT molecular complexity index is 637. The van der Waals surface area contributed by atoms with Crippen molar-refractivity contribution in [2.45, 2.75) is 19.8 Å². The van der Waals surface area contributed by atoms with E-state index in [2.05, 4.69) is 11.2 Å². The summed E-state index contributed by atoms with van der Waals surface area (Å²) in [6.07, 6.45) is 0. The van der Waals surface area contributed by atoms with Crippen molar-refractivity contribution in [3.63, 3.8) is 0 Å². The lowest BCUT2D eigenvalue weighted by molar-refractivity contribution is 0.432. The number of aryl methyl sites for hydroxylation is 1. The third-order valence-corrected chi connectivity index (χ3v) is 2.78. The van der Waals surface area contributed by atoms with Crippen molar-refractivity contribution in [3.8, 4) is 17.7 Å². The maximum atomic E-state index is 8.87. The SMILES string of the molecule is CC(C)c1nn(C)c(Oc2cccc(C#N)c2)c1N. The van der Waals surface area contributed by atoms with Crippen LogP contribution in [-0.4, -0.2) is 9.78 Å². The second-order valence-electron chi connectivity index (χ2n) is 4.62. The van der Waals surface area contributed by atoms with E-state index in [-0.39, 0.29) is 5.92 Å². The van der Waals surface area contributed by atoms with E-state index in [0.29, 0.717) is 22.9 Å². The van der Waals surface area contributed by atoms with Crippen LogP contribution >= 0.6 is 0 Å². The van der Waals surface area contributed by atoms with Gasteiger partial charge in [0.2, 0.25) is 5.88 Å². The molecule has 0 atom stereocenters. The average Bonchev–Trinajstić information content (AvgIpc) is 2.67. The largest absolute Gasteiger partial charge is 0.437 e. The van der Waals surface area contributed by atoms with Gasteiger partial charge < -0.3 is 10.5 Å². The van der Waals surface area contributed by atoms with Crippen molar-refractivity contribution in [1.82, 2.24) is 9.78 Å². The predicted molar refractivity (Wildman–Crippen MR) is 72.9 cm³/mol. The molecular formula is C14H16N4O. The summed E-state index contributed by atoms with van der Waals surface area (Å²) in [6, 6.07) is 9.01. The van der Waals surface area contributed by atoms with Gasteiger partial charge in [-0.05, 0) is 24.1 Å². The predicted octanol–water partition coefficient (Wildman–Crippen LogP) is 2.79. The van der Waals surface area contributed by atoms with Crippen LogP contribution in [0.15, 0.2) is 24.3 Å². The highest BCUT2D eigenvalue weighted by Gasteiger charge is 2.17. The number of nitrogen functional groups attached to an aromatic ring is 1. The monoisotopic (exact) mass is 256 g/mol. The van der Waals surface area contributed by atoms with Crippen molar-refractivity contribution in [3.05, 3.63) is 35.5 Å². The highest BCUT2D eigenvalue weighted by Crippen LogP contribution is 2.33. The first-order chi connectivity index (χ1) is 9.02. The maximum absolute atomic E-state index is 8.87. The molecule has 2 aromatic rings. The lowest BCUT2D eigenvalue weighted by atomic mass is 10.1. The van der Waals surface area contributed by atoms with Gasteiger partial charge in [-0.1, -0.05) is 19.9 Å². The number of aromatic nitrogens is 2. The van der Waals surface area contributed by atoms with Crippen LogP contribution in [0.3, 0.4) is 0 Å². The van der Waals surface area contributed by atoms with Crippen molar-refractivity contribution >= 4 is 5.69 Å². The summed E-state index contributed by atoms with van der Waals surface area (Å²) in [6.45, 7) is 4.05. The number of nitrogens with two attached hydrogens (primary N) is 1. The van der Waals surface area contributed by atoms with E-state index >= 15 is 0 Å². The van der Waals surface area contributed by atoms with Crippen molar-refractivity contribution in [2.24, 2.45) is 7.05 Å². The quantitative estimate of drug-likeness (QED) is 0.916. The van der Waals surface area contributed by atoms with E-state index in [9.17, 15) is 0 Å². The van der Waals surface area contributed by atoms with Crippen molar-refractivity contribution in [2.75, 3.05) is 5.73 Å². The van der Waals surface area contributed by atoms with E-state index in [4.69, 9.17) is 15.7 Å². The molecule has 1 aromatic carbocycles. The van der Waals surface area contributed by atoms with Gasteiger partial charge in [-0.25, -0.2) is 4.68 Å². The number of hydrogen-bond acceptors (Lipinski definition) is 4. The van der Waals surface area contributed by atoms with Crippen LogP contribution in [-0.2, 0) is 7.05 Å². The molecule has 0 saturated carbocycles. The van der Waals surface area contributed by atoms with Gasteiger partial charge in [-0.15, -0.1) is 0 Å². The van der Waals surface area contributed by atoms with Crippen molar-refractivity contribution in [1.29, 1.82) is 5.26 Å². The Labute approximate surface area is 112 Å². The molecule has 2 N–H and O–H groups in total. The molecule has 0 aliphatic heterocycles. The maximum Gasteiger partial charge on any atom is 0.241 e. The number of anilines is 1. The summed E-state index contributed by atoms with van der Waals surface area (Å²) < 4.78 is 7.35. The zero-order chi connectivity index (χ0) is 14.0. The summed E-state index contributed by atoms with van der Waals surface area (Å²) in [5.74, 6) is 1.30. The molecule has 5 heteroatoms. The zero-order valence-electron chi connectivity index (χ0n) is 11.2. The minimum absolute atomic E-state index is 0.231. The summed E-state index contributed by atoms with van der Waals surface area (Å²) in [5.41, 5.74) is 7.95. The normalized spacial score (nSPS) is 10.5. The summed E-state index contributed by atoms with van der Waals surface area (Å²) in [4.78, 5) is 0. The molecule has 1 heterocycles. The highest BCUT2D eigenvalue weighted by molar-refractivity contribution is 5.55. The molecule has 98 valence electrons. The zero-order valence-corrected chi connectivity index (χ0v) is 11.2. The van der Waals surface area contributed by atoms with Crippen LogP contribution in [0, 0.1) is 11.3 Å². The van der Waals surface area contributed by atoms with Gasteiger partial charge in [0.05, 0.1) is 17.3 Å². The number of nitrogens with zero attached hydrogens (tertiary/aromatic N) is 3. The Kier molecular flexibility index (Phi) is 3.43. The first-order valence-electron chi connectivity index (χ1n) is 6.03. The van der Waals surface area contributed by atoms with E-state index in [1.54, 1.807) is 36.0 Å². The first kappa shape index (κ1) is 13.0. The highest BCUT2D eigenvalue weighted by atomic mass is 16.5. The second-order valence-corrected chi connectivity index (χ2v) is 4.62. The van der Waals surface area contributed by atoms with Crippen LogP contribution in [0.1, 0.15) is 31.0 Å². The van der Waals surface area contributed by atoms with E-state index in [1.807, 2.05) is 13.8 Å². The van der Waals surface area contributed by atoms with Gasteiger partial charge >= 0.3 is 0 Å². The van der Waals surface area contributed by atoms with E-state index in [0.717, 1.165) is 5.69 Å². The van der Waals surface area contributed by atoms with Gasteiger partial charge in [0.1, 0.15) is 11.4 Å². The van der Waals surface area contributed by atoms with Crippen LogP contribution in [0.25, 0.3) is 0 Å². The molecule has 5 nitrogen and oxygen atoms in total. The Morgan fingerprint density at radius 3 is 2.74 bits per heavy atom. The van der Waals surface area contributed by atoms with Crippen molar-refractivity contribution < 1.29 is 4.74 Å². The van der Waals surface area contributed by atoms with Gasteiger partial charge in [-0.3, -0.25) is 0 Å². The van der Waals surface area contributed by atoms with Crippen LogP contribution in [0.4, 0.5) is 5.69 Å². The molecule has 2 rings (SSSR count). The van der Waals surface area contributed by atoms with Crippen LogP contribution in [0.2, 0.25) is 0 Å². The lowest BCUT2D eigenvalue weighted by Crippen LogP contribution is -1.97. The first-order valence-corrected chi connectivity index (χ1v) is 6.03. The molecule has 0 bridgehead atoms. The number of benzene rings is 1. The van der Waals surface area contributed by atoms with Gasteiger partial charge in [0.25, 0.3) is 0 Å². The molecule has 19 heavy (non-hydrogen) atoms. The molecule has 0 radical (unpaired) electrons. The minimum atomic E-state index is 0.231. The molecule has 0 spiro atoms. The minimum Gasteiger partial charge on any atom is -0.437 e. The molecule has 0 aliphatic rings. The Morgan fingerprint density at radius 2 is 2.16 bits per heavy atom. The summed E-state index contributed by atoms with van der Waals surface area (Å²) in [7, 11) is 1.78. The lowest BCUT2D eigenvalue weighted by Gasteiger charge is -2.07. The van der Waals surface area contributed by atoms with Crippen LogP contribution < -0.4 is 10.5 Å². The fourth-order valence-corrected chi connectivity index (χ4v) is 1.83. The molecule has 0 aliphatic carbocycles. The number of ether oxygens (including phenoxy) is 1. The molecule has 0 fully saturated rings.